The van der Waals surface area contributed by atoms with Gasteiger partial charge in [-0.1, -0.05) is 30.7 Å². The van der Waals surface area contributed by atoms with Crippen LogP contribution in [0.15, 0.2) is 24.3 Å². The van der Waals surface area contributed by atoms with Gasteiger partial charge in [-0.3, -0.25) is 9.59 Å². The molecular formula is C14H19NO3. The summed E-state index contributed by atoms with van der Waals surface area (Å²) in [6.45, 7) is 3.73. The lowest BCUT2D eigenvalue weighted by Crippen LogP contribution is -2.32. The van der Waals surface area contributed by atoms with Crippen molar-refractivity contribution >= 4 is 11.8 Å². The van der Waals surface area contributed by atoms with Crippen molar-refractivity contribution in [3.05, 3.63) is 35.4 Å². The Hall–Kier alpha value is -1.68. The van der Waals surface area contributed by atoms with Crippen LogP contribution in [0.4, 0.5) is 0 Å². The number of carboxylic acids is 1. The first-order valence-corrected chi connectivity index (χ1v) is 5.97. The molecule has 4 heteroatoms. The zero-order valence-corrected chi connectivity index (χ0v) is 10.7. The highest BCUT2D eigenvalue weighted by atomic mass is 16.4. The van der Waals surface area contributed by atoms with Crippen molar-refractivity contribution in [2.75, 3.05) is 0 Å². The van der Waals surface area contributed by atoms with Crippen molar-refractivity contribution < 1.29 is 14.7 Å². The van der Waals surface area contributed by atoms with Gasteiger partial charge in [0.05, 0.1) is 6.42 Å². The summed E-state index contributed by atoms with van der Waals surface area (Å²) in [5, 5.41) is 8.66. The number of carboxylic acid groups (broad SMARTS) is 1. The van der Waals surface area contributed by atoms with Crippen LogP contribution in [0, 0.1) is 12.8 Å². The summed E-state index contributed by atoms with van der Waals surface area (Å²) in [4.78, 5) is 22.5. The molecule has 1 aromatic carbocycles. The summed E-state index contributed by atoms with van der Waals surface area (Å²) in [5.74, 6) is -1.07. The van der Waals surface area contributed by atoms with Crippen molar-refractivity contribution in [2.24, 2.45) is 11.7 Å². The maximum atomic E-state index is 12.0. The average molecular weight is 249 g/mol. The van der Waals surface area contributed by atoms with Gasteiger partial charge in [0.15, 0.2) is 5.78 Å². The van der Waals surface area contributed by atoms with Gasteiger partial charge in [-0.15, -0.1) is 0 Å². The fraction of sp³-hybridized carbons (Fsp3) is 0.429. The van der Waals surface area contributed by atoms with Crippen molar-refractivity contribution in [2.45, 2.75) is 32.7 Å². The molecule has 0 fully saturated rings. The van der Waals surface area contributed by atoms with E-state index in [4.69, 9.17) is 10.8 Å². The van der Waals surface area contributed by atoms with E-state index in [0.717, 1.165) is 5.56 Å². The summed E-state index contributed by atoms with van der Waals surface area (Å²) in [7, 11) is 0. The molecule has 2 atom stereocenters. The minimum Gasteiger partial charge on any atom is -0.481 e. The third kappa shape index (κ3) is 4.30. The summed E-state index contributed by atoms with van der Waals surface area (Å²) < 4.78 is 0. The molecule has 0 saturated heterocycles. The topological polar surface area (TPSA) is 80.4 Å². The predicted octanol–water partition coefficient (Wildman–Crippen LogP) is 2.01. The lowest BCUT2D eigenvalue weighted by molar-refractivity contribution is -0.137. The molecule has 0 aliphatic carbocycles. The van der Waals surface area contributed by atoms with E-state index in [9.17, 15) is 9.59 Å². The highest BCUT2D eigenvalue weighted by molar-refractivity contribution is 5.96. The molecular weight excluding hydrogens is 230 g/mol. The molecule has 0 heterocycles. The Morgan fingerprint density at radius 1 is 1.33 bits per heavy atom. The van der Waals surface area contributed by atoms with Gasteiger partial charge in [0.1, 0.15) is 0 Å². The van der Waals surface area contributed by atoms with Gasteiger partial charge in [-0.2, -0.15) is 0 Å². The Morgan fingerprint density at radius 3 is 2.56 bits per heavy atom. The third-order valence-electron chi connectivity index (χ3n) is 2.99. The second kappa shape index (κ2) is 6.31. The molecule has 0 aliphatic heterocycles. The highest BCUT2D eigenvalue weighted by Crippen LogP contribution is 2.15. The van der Waals surface area contributed by atoms with Gasteiger partial charge >= 0.3 is 5.97 Å². The number of aliphatic carboxylic acids is 1. The van der Waals surface area contributed by atoms with Crippen LogP contribution in [-0.2, 0) is 4.79 Å². The minimum atomic E-state index is -0.933. The Labute approximate surface area is 107 Å². The maximum Gasteiger partial charge on any atom is 0.304 e. The van der Waals surface area contributed by atoms with Crippen molar-refractivity contribution in [3.8, 4) is 0 Å². The Bertz CT molecular complexity index is 442. The zero-order valence-electron chi connectivity index (χ0n) is 10.7. The summed E-state index contributed by atoms with van der Waals surface area (Å²) >= 11 is 0. The zero-order chi connectivity index (χ0) is 13.7. The number of rotatable bonds is 6. The van der Waals surface area contributed by atoms with Crippen LogP contribution in [0.25, 0.3) is 0 Å². The van der Waals surface area contributed by atoms with Gasteiger partial charge in [0.2, 0.25) is 0 Å². The smallest absolute Gasteiger partial charge is 0.304 e. The molecule has 98 valence electrons. The summed E-state index contributed by atoms with van der Waals surface area (Å²) in [6, 6.07) is 6.87. The summed E-state index contributed by atoms with van der Waals surface area (Å²) in [6.07, 6.45) is 0.167. The fourth-order valence-corrected chi connectivity index (χ4v) is 1.78. The number of nitrogens with two attached hydrogens (primary N) is 1. The van der Waals surface area contributed by atoms with E-state index >= 15 is 0 Å². The van der Waals surface area contributed by atoms with Gasteiger partial charge in [0.25, 0.3) is 0 Å². The van der Waals surface area contributed by atoms with E-state index in [-0.39, 0.29) is 24.5 Å². The molecule has 0 radical (unpaired) electrons. The normalized spacial score (nSPS) is 13.9. The van der Waals surface area contributed by atoms with Crippen LogP contribution < -0.4 is 5.73 Å². The monoisotopic (exact) mass is 249 g/mol. The molecule has 0 saturated carbocycles. The Balaban J connectivity index is 2.62. The molecule has 0 bridgehead atoms. The van der Waals surface area contributed by atoms with Gasteiger partial charge in [0, 0.05) is 18.0 Å². The first-order chi connectivity index (χ1) is 8.40. The standard InChI is InChI=1S/C14H19NO3/c1-9-4-3-5-11(6-9)13(16)7-10(2)12(15)8-14(17)18/h3-6,10,12H,7-8,15H2,1-2H3,(H,17,18). The van der Waals surface area contributed by atoms with Gasteiger partial charge in [-0.25, -0.2) is 0 Å². The van der Waals surface area contributed by atoms with Crippen LogP contribution in [-0.4, -0.2) is 22.9 Å². The van der Waals surface area contributed by atoms with E-state index in [1.54, 1.807) is 13.0 Å². The first-order valence-electron chi connectivity index (χ1n) is 5.97. The highest BCUT2D eigenvalue weighted by Gasteiger charge is 2.19. The van der Waals surface area contributed by atoms with Crippen LogP contribution in [0.5, 0.6) is 0 Å². The Morgan fingerprint density at radius 2 is 2.00 bits per heavy atom. The minimum absolute atomic E-state index is 0.00652. The maximum absolute atomic E-state index is 12.0. The number of carbonyl (C=O) groups is 2. The molecule has 4 nitrogen and oxygen atoms in total. The largest absolute Gasteiger partial charge is 0.481 e. The van der Waals surface area contributed by atoms with Crippen LogP contribution in [0.1, 0.15) is 35.7 Å². The molecule has 0 spiro atoms. The molecule has 1 aromatic rings. The lowest BCUT2D eigenvalue weighted by Gasteiger charge is -2.17. The molecule has 1 rings (SSSR count). The van der Waals surface area contributed by atoms with E-state index in [1.807, 2.05) is 25.1 Å². The molecule has 0 amide bonds. The van der Waals surface area contributed by atoms with Crippen LogP contribution >= 0.6 is 0 Å². The Kier molecular flexibility index (Phi) is 5.04. The second-order valence-electron chi connectivity index (χ2n) is 4.74. The molecule has 0 aromatic heterocycles. The second-order valence-corrected chi connectivity index (χ2v) is 4.74. The number of ketones is 1. The van der Waals surface area contributed by atoms with E-state index in [0.29, 0.717) is 5.56 Å². The molecule has 3 N–H and O–H groups in total. The SMILES string of the molecule is Cc1cccc(C(=O)CC(C)C(N)CC(=O)O)c1. The third-order valence-corrected chi connectivity index (χ3v) is 2.99. The van der Waals surface area contributed by atoms with Crippen molar-refractivity contribution in [1.82, 2.24) is 0 Å². The van der Waals surface area contributed by atoms with E-state index in [2.05, 4.69) is 0 Å². The number of carbonyl (C=O) groups excluding carboxylic acids is 1. The average Bonchev–Trinajstić information content (AvgIpc) is 2.27. The van der Waals surface area contributed by atoms with Gasteiger partial charge < -0.3 is 10.8 Å². The summed E-state index contributed by atoms with van der Waals surface area (Å²) in [5.41, 5.74) is 7.43. The predicted molar refractivity (Wildman–Crippen MR) is 69.5 cm³/mol. The van der Waals surface area contributed by atoms with Crippen molar-refractivity contribution in [3.63, 3.8) is 0 Å². The number of hydrogen-bond acceptors (Lipinski definition) is 3. The van der Waals surface area contributed by atoms with E-state index < -0.39 is 12.0 Å². The van der Waals surface area contributed by atoms with Gasteiger partial charge in [-0.05, 0) is 18.9 Å². The number of Topliss-reactive ketones (excluding diaryl/α,β-unsaturated/α-hetero) is 1. The first kappa shape index (κ1) is 14.4. The molecule has 0 aliphatic rings. The number of aryl methyl sites for hydroxylation is 1. The van der Waals surface area contributed by atoms with Crippen LogP contribution in [0.2, 0.25) is 0 Å². The number of benzene rings is 1. The van der Waals surface area contributed by atoms with Crippen LogP contribution in [0.3, 0.4) is 0 Å². The van der Waals surface area contributed by atoms with Crippen molar-refractivity contribution in [1.29, 1.82) is 0 Å². The fourth-order valence-electron chi connectivity index (χ4n) is 1.78. The number of hydrogen-bond donors (Lipinski definition) is 2. The quantitative estimate of drug-likeness (QED) is 0.756. The molecule has 18 heavy (non-hydrogen) atoms. The molecule has 2 unspecified atom stereocenters. The lowest BCUT2D eigenvalue weighted by atomic mass is 9.92. The van der Waals surface area contributed by atoms with E-state index in [1.165, 1.54) is 0 Å².